The molecule has 3 N–H and O–H groups in total. The number of methoxy groups -OCH3 is 1. The number of carbonyl (C=O) groups is 2. The lowest BCUT2D eigenvalue weighted by atomic mass is 10.2. The molecule has 0 bridgehead atoms. The first-order chi connectivity index (χ1) is 15.2. The van der Waals surface area contributed by atoms with Gasteiger partial charge in [0, 0.05) is 38.3 Å². The van der Waals surface area contributed by atoms with Crippen LogP contribution in [0.25, 0.3) is 0 Å². The third kappa shape index (κ3) is 6.57. The van der Waals surface area contributed by atoms with E-state index in [2.05, 4.69) is 15.4 Å². The molecule has 1 heterocycles. The van der Waals surface area contributed by atoms with E-state index in [9.17, 15) is 18.0 Å². The molecular weight excluding hydrogens is 434 g/mol. The molecule has 1 saturated carbocycles. The fourth-order valence-electron chi connectivity index (χ4n) is 3.37. The zero-order valence-electron chi connectivity index (χ0n) is 18.9. The number of anilines is 1. The minimum Gasteiger partial charge on any atom is -0.495 e. The second-order valence-corrected chi connectivity index (χ2v) is 10.0. The molecule has 2 fully saturated rings. The Morgan fingerprint density at radius 3 is 2.47 bits per heavy atom. The Balaban J connectivity index is 1.57. The van der Waals surface area contributed by atoms with Crippen LogP contribution in [-0.2, 0) is 14.8 Å². The van der Waals surface area contributed by atoms with Crippen LogP contribution in [0, 0.1) is 0 Å². The van der Waals surface area contributed by atoms with Crippen molar-refractivity contribution >= 4 is 27.6 Å². The van der Waals surface area contributed by atoms with E-state index in [1.165, 1.54) is 25.3 Å². The highest BCUT2D eigenvalue weighted by atomic mass is 32.2. The number of nitrogens with one attached hydrogen (secondary N) is 3. The van der Waals surface area contributed by atoms with Crippen molar-refractivity contribution in [3.8, 4) is 5.75 Å². The smallest absolute Gasteiger partial charge is 0.322 e. The summed E-state index contributed by atoms with van der Waals surface area (Å²) in [5.74, 6) is 0.365. The summed E-state index contributed by atoms with van der Waals surface area (Å²) in [4.78, 5) is 28.6. The third-order valence-corrected chi connectivity index (χ3v) is 7.19. The molecular formula is C21H33N5O5S. The maximum Gasteiger partial charge on any atom is 0.322 e. The normalized spacial score (nSPS) is 18.2. The lowest BCUT2D eigenvalue weighted by Crippen LogP contribution is -2.52. The van der Waals surface area contributed by atoms with Crippen molar-refractivity contribution in [1.29, 1.82) is 0 Å². The average Bonchev–Trinajstić information content (AvgIpc) is 3.57. The molecule has 3 rings (SSSR count). The summed E-state index contributed by atoms with van der Waals surface area (Å²) in [5, 5.41) is 5.72. The van der Waals surface area contributed by atoms with Crippen molar-refractivity contribution < 1.29 is 22.7 Å². The summed E-state index contributed by atoms with van der Waals surface area (Å²) in [6.07, 6.45) is 2.55. The van der Waals surface area contributed by atoms with Gasteiger partial charge in [0.1, 0.15) is 5.75 Å². The highest BCUT2D eigenvalue weighted by molar-refractivity contribution is 7.89. The van der Waals surface area contributed by atoms with E-state index in [1.807, 2.05) is 18.7 Å². The van der Waals surface area contributed by atoms with Crippen LogP contribution in [0.4, 0.5) is 10.5 Å². The zero-order valence-corrected chi connectivity index (χ0v) is 19.7. The summed E-state index contributed by atoms with van der Waals surface area (Å²) < 4.78 is 33.0. The second-order valence-electron chi connectivity index (χ2n) is 8.33. The molecule has 11 heteroatoms. The number of rotatable bonds is 9. The number of hydrogen-bond acceptors (Lipinski definition) is 6. The molecule has 178 valence electrons. The Morgan fingerprint density at radius 2 is 1.88 bits per heavy atom. The number of amides is 3. The molecule has 1 atom stereocenters. The van der Waals surface area contributed by atoms with Crippen molar-refractivity contribution in [2.75, 3.05) is 45.2 Å². The maximum absolute atomic E-state index is 12.8. The molecule has 1 aromatic carbocycles. The van der Waals surface area contributed by atoms with Gasteiger partial charge >= 0.3 is 6.03 Å². The number of benzene rings is 1. The molecule has 2 aliphatic rings. The minimum atomic E-state index is -3.65. The predicted octanol–water partition coefficient (Wildman–Crippen LogP) is 1.20. The summed E-state index contributed by atoms with van der Waals surface area (Å²) in [6, 6.07) is 4.20. The number of urea groups is 1. The van der Waals surface area contributed by atoms with Crippen LogP contribution < -0.4 is 20.1 Å². The van der Waals surface area contributed by atoms with Gasteiger partial charge in [0.25, 0.3) is 0 Å². The highest BCUT2D eigenvalue weighted by Gasteiger charge is 2.29. The Kier molecular flexibility index (Phi) is 7.96. The van der Waals surface area contributed by atoms with Crippen molar-refractivity contribution in [1.82, 2.24) is 19.8 Å². The Labute approximate surface area is 189 Å². The van der Waals surface area contributed by atoms with Crippen LogP contribution in [0.2, 0.25) is 0 Å². The molecule has 0 radical (unpaired) electrons. The molecule has 1 aliphatic heterocycles. The number of carbonyl (C=O) groups excluding carboxylic acids is 2. The van der Waals surface area contributed by atoms with Gasteiger partial charge in [-0.05, 0) is 44.4 Å². The predicted molar refractivity (Wildman–Crippen MR) is 121 cm³/mol. The number of sulfonamides is 1. The first kappa shape index (κ1) is 24.3. The van der Waals surface area contributed by atoms with Crippen LogP contribution in [0.3, 0.4) is 0 Å². The third-order valence-electron chi connectivity index (χ3n) is 5.67. The standard InChI is InChI=1S/C21H33N5O5S/c1-4-15(2)22-20(27)14-25-9-11-26(12-10-25)21(28)23-18-13-17(7-8-19(18)31-3)32(29,30)24-16-5-6-16/h7-8,13,15-16,24H,4-6,9-12,14H2,1-3H3,(H,22,27)(H,23,28). The molecule has 1 aromatic rings. The number of nitrogens with zero attached hydrogens (tertiary/aromatic N) is 2. The van der Waals surface area contributed by atoms with Gasteiger partial charge < -0.3 is 20.3 Å². The Bertz CT molecular complexity index is 927. The van der Waals surface area contributed by atoms with E-state index in [-0.39, 0.29) is 28.9 Å². The van der Waals surface area contributed by atoms with E-state index in [0.717, 1.165) is 19.3 Å². The monoisotopic (exact) mass is 467 g/mol. The molecule has 1 saturated heterocycles. The van der Waals surface area contributed by atoms with Crippen LogP contribution in [-0.4, -0.2) is 82.1 Å². The van der Waals surface area contributed by atoms with Crippen molar-refractivity contribution in [3.63, 3.8) is 0 Å². The Morgan fingerprint density at radius 1 is 1.19 bits per heavy atom. The van der Waals surface area contributed by atoms with Gasteiger partial charge in [-0.15, -0.1) is 0 Å². The molecule has 0 aromatic heterocycles. The van der Waals surface area contributed by atoms with E-state index in [1.54, 1.807) is 4.90 Å². The van der Waals surface area contributed by atoms with Crippen LogP contribution >= 0.6 is 0 Å². The first-order valence-corrected chi connectivity index (χ1v) is 12.5. The summed E-state index contributed by atoms with van der Waals surface area (Å²) >= 11 is 0. The van der Waals surface area contributed by atoms with Gasteiger partial charge in [-0.3, -0.25) is 9.69 Å². The van der Waals surface area contributed by atoms with Gasteiger partial charge in [-0.25, -0.2) is 17.9 Å². The molecule has 3 amide bonds. The van der Waals surface area contributed by atoms with Crippen LogP contribution in [0.1, 0.15) is 33.1 Å². The topological polar surface area (TPSA) is 120 Å². The number of ether oxygens (including phenoxy) is 1. The number of piperazine rings is 1. The van der Waals surface area contributed by atoms with Crippen molar-refractivity contribution in [2.45, 2.75) is 50.1 Å². The van der Waals surface area contributed by atoms with Gasteiger partial charge in [-0.1, -0.05) is 6.92 Å². The largest absolute Gasteiger partial charge is 0.495 e. The first-order valence-electron chi connectivity index (χ1n) is 11.0. The van der Waals surface area contributed by atoms with Gasteiger partial charge in [0.2, 0.25) is 15.9 Å². The van der Waals surface area contributed by atoms with Gasteiger partial charge in [0.05, 0.1) is 24.2 Å². The molecule has 1 unspecified atom stereocenters. The lowest BCUT2D eigenvalue weighted by Gasteiger charge is -2.34. The van der Waals surface area contributed by atoms with Crippen LogP contribution in [0.5, 0.6) is 5.75 Å². The van der Waals surface area contributed by atoms with Gasteiger partial charge in [0.15, 0.2) is 0 Å². The Hall–Kier alpha value is -2.37. The van der Waals surface area contributed by atoms with Crippen LogP contribution in [0.15, 0.2) is 23.1 Å². The van der Waals surface area contributed by atoms with E-state index in [4.69, 9.17) is 4.74 Å². The van der Waals surface area contributed by atoms with Crippen molar-refractivity contribution in [3.05, 3.63) is 18.2 Å². The second kappa shape index (κ2) is 10.5. The molecule has 1 aliphatic carbocycles. The summed E-state index contributed by atoms with van der Waals surface area (Å²) in [6.45, 7) is 6.39. The van der Waals surface area contributed by atoms with Gasteiger partial charge in [-0.2, -0.15) is 0 Å². The van der Waals surface area contributed by atoms with E-state index in [0.29, 0.717) is 44.2 Å². The SMILES string of the molecule is CCC(C)NC(=O)CN1CCN(C(=O)Nc2cc(S(=O)(=O)NC3CC3)ccc2OC)CC1. The zero-order chi connectivity index (χ0) is 23.3. The van der Waals surface area contributed by atoms with E-state index >= 15 is 0 Å². The van der Waals surface area contributed by atoms with E-state index < -0.39 is 10.0 Å². The average molecular weight is 468 g/mol. The molecule has 10 nitrogen and oxygen atoms in total. The fourth-order valence-corrected chi connectivity index (χ4v) is 4.70. The fraction of sp³-hybridized carbons (Fsp3) is 0.619. The quantitative estimate of drug-likeness (QED) is 0.502. The molecule has 0 spiro atoms. The molecule has 32 heavy (non-hydrogen) atoms. The van der Waals surface area contributed by atoms with Crippen molar-refractivity contribution in [2.24, 2.45) is 0 Å². The maximum atomic E-state index is 12.8. The highest BCUT2D eigenvalue weighted by Crippen LogP contribution is 2.29. The minimum absolute atomic E-state index is 0.0105. The summed E-state index contributed by atoms with van der Waals surface area (Å²) in [5.41, 5.74) is 0.298. The lowest BCUT2D eigenvalue weighted by molar-refractivity contribution is -0.123. The number of hydrogen-bond donors (Lipinski definition) is 3. The summed E-state index contributed by atoms with van der Waals surface area (Å²) in [7, 11) is -2.19.